The Bertz CT molecular complexity index is 1160. The first kappa shape index (κ1) is 17.5. The van der Waals surface area contributed by atoms with Crippen LogP contribution in [0.4, 0.5) is 5.00 Å². The second-order valence-electron chi connectivity index (χ2n) is 7.01. The van der Waals surface area contributed by atoms with E-state index < -0.39 is 0 Å². The second kappa shape index (κ2) is 6.80. The fourth-order valence-electron chi connectivity index (χ4n) is 3.53. The lowest BCUT2D eigenvalue weighted by molar-refractivity contribution is 0.102. The molecule has 142 valence electrons. The number of hydrogen-bond acceptors (Lipinski definition) is 6. The molecule has 0 fully saturated rings. The SMILES string of the molecule is CN1CCc2c(sc(NC(=O)c3ccn(C)n3)c2-c2nc3ccccc3s2)C1. The third-order valence-electron chi connectivity index (χ3n) is 4.93. The van der Waals surface area contributed by atoms with Crippen LogP contribution in [0.25, 0.3) is 20.8 Å². The molecule has 28 heavy (non-hydrogen) atoms. The monoisotopic (exact) mass is 409 g/mol. The Morgan fingerprint density at radius 1 is 1.18 bits per heavy atom. The van der Waals surface area contributed by atoms with Gasteiger partial charge >= 0.3 is 0 Å². The molecule has 6 nitrogen and oxygen atoms in total. The molecule has 1 amide bonds. The lowest BCUT2D eigenvalue weighted by atomic mass is 10.0. The molecule has 1 aliphatic rings. The molecule has 0 bridgehead atoms. The van der Waals surface area contributed by atoms with Crippen LogP contribution >= 0.6 is 22.7 Å². The second-order valence-corrected chi connectivity index (χ2v) is 9.15. The predicted molar refractivity (Wildman–Crippen MR) is 114 cm³/mol. The van der Waals surface area contributed by atoms with Crippen LogP contribution in [0.15, 0.2) is 36.5 Å². The maximum Gasteiger partial charge on any atom is 0.276 e. The van der Waals surface area contributed by atoms with E-state index in [0.717, 1.165) is 45.3 Å². The van der Waals surface area contributed by atoms with Crippen molar-refractivity contribution in [1.82, 2.24) is 19.7 Å². The quantitative estimate of drug-likeness (QED) is 0.556. The minimum absolute atomic E-state index is 0.185. The van der Waals surface area contributed by atoms with Gasteiger partial charge in [-0.1, -0.05) is 12.1 Å². The first-order valence-corrected chi connectivity index (χ1v) is 10.7. The van der Waals surface area contributed by atoms with Gasteiger partial charge < -0.3 is 10.2 Å². The van der Waals surface area contributed by atoms with Gasteiger partial charge in [-0.3, -0.25) is 9.48 Å². The zero-order chi connectivity index (χ0) is 19.3. The zero-order valence-corrected chi connectivity index (χ0v) is 17.2. The number of likely N-dealkylation sites (N-methyl/N-ethyl adjacent to an activating group) is 1. The number of nitrogens with zero attached hydrogens (tertiary/aromatic N) is 4. The van der Waals surface area contributed by atoms with Crippen LogP contribution in [0, 0.1) is 0 Å². The summed E-state index contributed by atoms with van der Waals surface area (Å²) in [5, 5.41) is 9.18. The summed E-state index contributed by atoms with van der Waals surface area (Å²) in [5.74, 6) is -0.185. The van der Waals surface area contributed by atoms with Crippen molar-refractivity contribution >= 4 is 43.8 Å². The number of carbonyl (C=O) groups excluding carboxylic acids is 1. The van der Waals surface area contributed by atoms with Gasteiger partial charge in [0, 0.05) is 36.8 Å². The highest BCUT2D eigenvalue weighted by atomic mass is 32.1. The van der Waals surface area contributed by atoms with E-state index in [0.29, 0.717) is 5.69 Å². The maximum absolute atomic E-state index is 12.8. The van der Waals surface area contributed by atoms with Crippen molar-refractivity contribution in [1.29, 1.82) is 0 Å². The van der Waals surface area contributed by atoms with Crippen LogP contribution in [0.3, 0.4) is 0 Å². The summed E-state index contributed by atoms with van der Waals surface area (Å²) in [6.07, 6.45) is 2.74. The summed E-state index contributed by atoms with van der Waals surface area (Å²) >= 11 is 3.34. The number of thiazole rings is 1. The molecule has 5 rings (SSSR count). The molecule has 0 unspecified atom stereocenters. The van der Waals surface area contributed by atoms with Crippen LogP contribution in [-0.2, 0) is 20.0 Å². The van der Waals surface area contributed by atoms with Gasteiger partial charge in [0.25, 0.3) is 5.91 Å². The number of benzene rings is 1. The largest absolute Gasteiger partial charge is 0.312 e. The van der Waals surface area contributed by atoms with Crippen molar-refractivity contribution in [3.8, 4) is 10.6 Å². The number of rotatable bonds is 3. The summed E-state index contributed by atoms with van der Waals surface area (Å²) in [6.45, 7) is 1.91. The molecule has 0 atom stereocenters. The molecular weight excluding hydrogens is 390 g/mol. The van der Waals surface area contributed by atoms with Gasteiger partial charge in [0.15, 0.2) is 5.69 Å². The molecule has 0 aliphatic carbocycles. The van der Waals surface area contributed by atoms with E-state index in [1.165, 1.54) is 10.4 Å². The number of aromatic nitrogens is 3. The molecule has 0 radical (unpaired) electrons. The van der Waals surface area contributed by atoms with E-state index in [1.54, 1.807) is 39.6 Å². The van der Waals surface area contributed by atoms with Crippen molar-refractivity contribution < 1.29 is 4.79 Å². The molecule has 0 saturated heterocycles. The van der Waals surface area contributed by atoms with E-state index in [2.05, 4.69) is 28.4 Å². The highest BCUT2D eigenvalue weighted by Gasteiger charge is 2.27. The number of fused-ring (bicyclic) bond motifs is 2. The highest BCUT2D eigenvalue weighted by molar-refractivity contribution is 7.22. The molecule has 4 heterocycles. The molecular formula is C20H19N5OS2. The summed E-state index contributed by atoms with van der Waals surface area (Å²) in [4.78, 5) is 21.2. The minimum Gasteiger partial charge on any atom is -0.312 e. The molecule has 1 N–H and O–H groups in total. The van der Waals surface area contributed by atoms with Crippen LogP contribution in [0.5, 0.6) is 0 Å². The van der Waals surface area contributed by atoms with E-state index in [4.69, 9.17) is 4.98 Å². The summed E-state index contributed by atoms with van der Waals surface area (Å²) in [6, 6.07) is 9.90. The lowest BCUT2D eigenvalue weighted by Crippen LogP contribution is -2.25. The average Bonchev–Trinajstić information content (AvgIpc) is 3.36. The van der Waals surface area contributed by atoms with Crippen molar-refractivity contribution in [2.45, 2.75) is 13.0 Å². The molecule has 0 saturated carbocycles. The van der Waals surface area contributed by atoms with Gasteiger partial charge in [-0.25, -0.2) is 4.98 Å². The maximum atomic E-state index is 12.8. The highest BCUT2D eigenvalue weighted by Crippen LogP contribution is 2.45. The van der Waals surface area contributed by atoms with Gasteiger partial charge in [0.1, 0.15) is 10.0 Å². The third-order valence-corrected chi connectivity index (χ3v) is 7.11. The minimum atomic E-state index is -0.185. The summed E-state index contributed by atoms with van der Waals surface area (Å²) in [5.41, 5.74) is 3.82. The molecule has 0 spiro atoms. The van der Waals surface area contributed by atoms with Crippen molar-refractivity contribution in [3.63, 3.8) is 0 Å². The fraction of sp³-hybridized carbons (Fsp3) is 0.250. The van der Waals surface area contributed by atoms with Crippen LogP contribution < -0.4 is 5.32 Å². The van der Waals surface area contributed by atoms with Crippen LogP contribution in [0.2, 0.25) is 0 Å². The Kier molecular flexibility index (Phi) is 4.26. The Morgan fingerprint density at radius 2 is 2.04 bits per heavy atom. The smallest absolute Gasteiger partial charge is 0.276 e. The number of anilines is 1. The number of aryl methyl sites for hydroxylation is 1. The van der Waals surface area contributed by atoms with Crippen molar-refractivity contribution in [3.05, 3.63) is 52.7 Å². The van der Waals surface area contributed by atoms with Crippen molar-refractivity contribution in [2.24, 2.45) is 7.05 Å². The summed E-state index contributed by atoms with van der Waals surface area (Å²) in [7, 11) is 3.94. The Balaban J connectivity index is 1.60. The zero-order valence-electron chi connectivity index (χ0n) is 15.6. The van der Waals surface area contributed by atoms with E-state index in [-0.39, 0.29) is 5.91 Å². The number of thiophene rings is 1. The first-order chi connectivity index (χ1) is 13.6. The third kappa shape index (κ3) is 3.03. The summed E-state index contributed by atoms with van der Waals surface area (Å²) < 4.78 is 2.80. The van der Waals surface area contributed by atoms with Gasteiger partial charge in [0.05, 0.1) is 10.2 Å². The number of amides is 1. The van der Waals surface area contributed by atoms with Gasteiger partial charge in [-0.15, -0.1) is 22.7 Å². The number of nitrogens with one attached hydrogen (secondary N) is 1. The normalized spacial score (nSPS) is 14.4. The Morgan fingerprint density at radius 3 is 2.82 bits per heavy atom. The van der Waals surface area contributed by atoms with E-state index >= 15 is 0 Å². The van der Waals surface area contributed by atoms with E-state index in [1.807, 2.05) is 25.2 Å². The molecule has 1 aliphatic heterocycles. The molecule has 1 aromatic carbocycles. The Hall–Kier alpha value is -2.55. The molecule has 8 heteroatoms. The average molecular weight is 410 g/mol. The molecule has 4 aromatic rings. The fourth-order valence-corrected chi connectivity index (χ4v) is 5.96. The topological polar surface area (TPSA) is 63.1 Å². The van der Waals surface area contributed by atoms with Crippen LogP contribution in [0.1, 0.15) is 20.9 Å². The lowest BCUT2D eigenvalue weighted by Gasteiger charge is -2.22. The van der Waals surface area contributed by atoms with Gasteiger partial charge in [-0.2, -0.15) is 5.10 Å². The van der Waals surface area contributed by atoms with Gasteiger partial charge in [-0.05, 0) is 37.2 Å². The predicted octanol–water partition coefficient (Wildman–Crippen LogP) is 4.00. The number of para-hydroxylation sites is 1. The number of hydrogen-bond donors (Lipinski definition) is 1. The van der Waals surface area contributed by atoms with E-state index in [9.17, 15) is 4.79 Å². The van der Waals surface area contributed by atoms with Crippen molar-refractivity contribution in [2.75, 3.05) is 18.9 Å². The van der Waals surface area contributed by atoms with Crippen LogP contribution in [-0.4, -0.2) is 39.2 Å². The van der Waals surface area contributed by atoms with Gasteiger partial charge in [0.2, 0.25) is 0 Å². The standard InChI is InChI=1S/C20H19N5OS2/c1-24-9-7-12-16(11-24)28-20(22-18(26)14-8-10-25(2)23-14)17(12)19-21-13-5-3-4-6-15(13)27-19/h3-6,8,10H,7,9,11H2,1-2H3,(H,22,26). The molecule has 3 aromatic heterocycles. The number of carbonyl (C=O) groups is 1. The Labute approximate surface area is 170 Å². The first-order valence-electron chi connectivity index (χ1n) is 9.08.